The maximum absolute atomic E-state index is 12.4. The topological polar surface area (TPSA) is 73.9 Å². The molecule has 136 valence electrons. The molecule has 0 unspecified atom stereocenters. The van der Waals surface area contributed by atoms with Crippen LogP contribution < -0.4 is 18.9 Å². The number of hydrogen-bond acceptors (Lipinski definition) is 5. The summed E-state index contributed by atoms with van der Waals surface area (Å²) in [5, 5.41) is 0. The van der Waals surface area contributed by atoms with Crippen LogP contribution in [0.25, 0.3) is 0 Å². The zero-order valence-electron chi connectivity index (χ0n) is 14.8. The van der Waals surface area contributed by atoms with Crippen molar-refractivity contribution in [3.05, 3.63) is 47.5 Å². The minimum atomic E-state index is -3.52. The molecule has 0 heterocycles. The van der Waals surface area contributed by atoms with Crippen LogP contribution in [0.2, 0.25) is 0 Å². The third kappa shape index (κ3) is 5.03. The first-order chi connectivity index (χ1) is 11.9. The molecular formula is C18H23NO5S. The van der Waals surface area contributed by atoms with E-state index in [0.717, 1.165) is 11.1 Å². The highest BCUT2D eigenvalue weighted by Gasteiger charge is 2.15. The minimum Gasteiger partial charge on any atom is -0.495 e. The van der Waals surface area contributed by atoms with E-state index in [1.165, 1.54) is 7.11 Å². The van der Waals surface area contributed by atoms with Gasteiger partial charge in [0, 0.05) is 0 Å². The molecule has 6 nitrogen and oxygen atoms in total. The van der Waals surface area contributed by atoms with Gasteiger partial charge in [-0.1, -0.05) is 12.1 Å². The van der Waals surface area contributed by atoms with Crippen LogP contribution in [0, 0.1) is 6.92 Å². The van der Waals surface area contributed by atoms with Crippen LogP contribution in [0.5, 0.6) is 17.2 Å². The summed E-state index contributed by atoms with van der Waals surface area (Å²) in [6.07, 6.45) is 0.351. The summed E-state index contributed by atoms with van der Waals surface area (Å²) in [5.41, 5.74) is 2.23. The van der Waals surface area contributed by atoms with E-state index < -0.39 is 10.0 Å². The number of benzene rings is 2. The molecule has 2 rings (SSSR count). The third-order valence-corrected chi connectivity index (χ3v) is 5.00. The number of methoxy groups -OCH3 is 3. The molecule has 0 aliphatic carbocycles. The summed E-state index contributed by atoms with van der Waals surface area (Å²) in [4.78, 5) is 0. The van der Waals surface area contributed by atoms with Crippen LogP contribution in [-0.2, 0) is 16.4 Å². The Kier molecular flexibility index (Phi) is 6.14. The Morgan fingerprint density at radius 3 is 2.16 bits per heavy atom. The van der Waals surface area contributed by atoms with E-state index >= 15 is 0 Å². The monoisotopic (exact) mass is 365 g/mol. The normalized spacial score (nSPS) is 11.0. The van der Waals surface area contributed by atoms with Crippen LogP contribution in [0.15, 0.2) is 36.4 Å². The zero-order valence-corrected chi connectivity index (χ0v) is 15.6. The van der Waals surface area contributed by atoms with Crippen LogP contribution in [-0.4, -0.2) is 35.5 Å². The van der Waals surface area contributed by atoms with E-state index in [0.29, 0.717) is 29.4 Å². The van der Waals surface area contributed by atoms with Crippen molar-refractivity contribution in [1.29, 1.82) is 0 Å². The Labute approximate surface area is 148 Å². The molecule has 0 amide bonds. The van der Waals surface area contributed by atoms with Gasteiger partial charge in [-0.25, -0.2) is 8.42 Å². The minimum absolute atomic E-state index is 0.0560. The number of aryl methyl sites for hydroxylation is 2. The molecule has 2 aromatic rings. The largest absolute Gasteiger partial charge is 0.495 e. The fraction of sp³-hybridized carbons (Fsp3) is 0.333. The van der Waals surface area contributed by atoms with Crippen molar-refractivity contribution in [2.75, 3.05) is 31.8 Å². The molecule has 0 aromatic heterocycles. The van der Waals surface area contributed by atoms with Crippen LogP contribution in [0.1, 0.15) is 11.1 Å². The summed E-state index contributed by atoms with van der Waals surface area (Å²) in [7, 11) is 1.09. The van der Waals surface area contributed by atoms with Gasteiger partial charge in [0.1, 0.15) is 5.75 Å². The van der Waals surface area contributed by atoms with Gasteiger partial charge in [0.2, 0.25) is 10.0 Å². The predicted octanol–water partition coefficient (Wildman–Crippen LogP) is 3.01. The molecule has 0 aliphatic rings. The summed E-state index contributed by atoms with van der Waals surface area (Å²) >= 11 is 0. The second-order valence-corrected chi connectivity index (χ2v) is 7.41. The summed E-state index contributed by atoms with van der Waals surface area (Å²) < 4.78 is 43.0. The van der Waals surface area contributed by atoms with Gasteiger partial charge in [-0.05, 0) is 48.7 Å². The number of rotatable bonds is 8. The van der Waals surface area contributed by atoms with Gasteiger partial charge in [0.15, 0.2) is 11.5 Å². The average molecular weight is 365 g/mol. The van der Waals surface area contributed by atoms with Gasteiger partial charge in [-0.15, -0.1) is 0 Å². The Morgan fingerprint density at radius 1 is 0.880 bits per heavy atom. The maximum Gasteiger partial charge on any atom is 0.233 e. The fourth-order valence-electron chi connectivity index (χ4n) is 2.41. The van der Waals surface area contributed by atoms with Gasteiger partial charge in [-0.2, -0.15) is 0 Å². The first kappa shape index (κ1) is 18.9. The van der Waals surface area contributed by atoms with Gasteiger partial charge < -0.3 is 14.2 Å². The smallest absolute Gasteiger partial charge is 0.233 e. The standard InChI is InChI=1S/C18H23NO5S/c1-13-5-7-16(22-2)15(11-13)19-25(20,21)10-9-14-6-8-17(23-3)18(12-14)24-4/h5-8,11-12,19H,9-10H2,1-4H3. The van der Waals surface area contributed by atoms with Crippen molar-refractivity contribution in [3.63, 3.8) is 0 Å². The van der Waals surface area contributed by atoms with Crippen LogP contribution in [0.3, 0.4) is 0 Å². The van der Waals surface area contributed by atoms with Crippen molar-refractivity contribution >= 4 is 15.7 Å². The van der Waals surface area contributed by atoms with Crippen molar-refractivity contribution in [2.45, 2.75) is 13.3 Å². The van der Waals surface area contributed by atoms with Gasteiger partial charge in [0.25, 0.3) is 0 Å². The summed E-state index contributed by atoms with van der Waals surface area (Å²) in [5.74, 6) is 1.61. The SMILES string of the molecule is COc1ccc(C)cc1NS(=O)(=O)CCc1ccc(OC)c(OC)c1. The molecule has 7 heteroatoms. The Morgan fingerprint density at radius 2 is 1.52 bits per heavy atom. The zero-order chi connectivity index (χ0) is 18.4. The van der Waals surface area contributed by atoms with E-state index in [1.807, 2.05) is 19.1 Å². The second-order valence-electron chi connectivity index (χ2n) is 5.56. The quantitative estimate of drug-likeness (QED) is 0.778. The Hall–Kier alpha value is -2.41. The van der Waals surface area contributed by atoms with Crippen molar-refractivity contribution in [2.24, 2.45) is 0 Å². The molecule has 0 radical (unpaired) electrons. The molecule has 0 saturated carbocycles. The Balaban J connectivity index is 2.11. The number of sulfonamides is 1. The lowest BCUT2D eigenvalue weighted by atomic mass is 10.1. The molecule has 25 heavy (non-hydrogen) atoms. The lowest BCUT2D eigenvalue weighted by Crippen LogP contribution is -2.18. The highest BCUT2D eigenvalue weighted by Crippen LogP contribution is 2.29. The highest BCUT2D eigenvalue weighted by molar-refractivity contribution is 7.92. The molecule has 1 N–H and O–H groups in total. The van der Waals surface area contributed by atoms with Crippen molar-refractivity contribution < 1.29 is 22.6 Å². The van der Waals surface area contributed by atoms with E-state index in [2.05, 4.69) is 4.72 Å². The van der Waals surface area contributed by atoms with Gasteiger partial charge in [-0.3, -0.25) is 4.72 Å². The van der Waals surface area contributed by atoms with Crippen molar-refractivity contribution in [3.8, 4) is 17.2 Å². The van der Waals surface area contributed by atoms with Crippen molar-refractivity contribution in [1.82, 2.24) is 0 Å². The number of anilines is 1. The second kappa shape index (κ2) is 8.11. The molecule has 0 fully saturated rings. The van der Waals surface area contributed by atoms with Crippen LogP contribution in [0.4, 0.5) is 5.69 Å². The first-order valence-electron chi connectivity index (χ1n) is 7.74. The average Bonchev–Trinajstić information content (AvgIpc) is 2.59. The molecule has 0 saturated heterocycles. The first-order valence-corrected chi connectivity index (χ1v) is 9.40. The van der Waals surface area contributed by atoms with Gasteiger partial charge >= 0.3 is 0 Å². The number of nitrogens with one attached hydrogen (secondary N) is 1. The molecule has 0 aliphatic heterocycles. The molecule has 0 atom stereocenters. The molecule has 0 spiro atoms. The maximum atomic E-state index is 12.4. The highest BCUT2D eigenvalue weighted by atomic mass is 32.2. The summed E-state index contributed by atoms with van der Waals surface area (Å²) in [6, 6.07) is 10.7. The summed E-state index contributed by atoms with van der Waals surface area (Å²) in [6.45, 7) is 1.89. The number of ether oxygens (including phenoxy) is 3. The van der Waals surface area contributed by atoms with E-state index in [-0.39, 0.29) is 5.75 Å². The van der Waals surface area contributed by atoms with Gasteiger partial charge in [0.05, 0.1) is 32.8 Å². The van der Waals surface area contributed by atoms with E-state index in [9.17, 15) is 8.42 Å². The molecule has 0 bridgehead atoms. The molecular weight excluding hydrogens is 342 g/mol. The third-order valence-electron chi connectivity index (χ3n) is 3.73. The van der Waals surface area contributed by atoms with Crippen LogP contribution >= 0.6 is 0 Å². The lowest BCUT2D eigenvalue weighted by Gasteiger charge is -2.13. The van der Waals surface area contributed by atoms with E-state index in [4.69, 9.17) is 14.2 Å². The Bertz CT molecular complexity index is 833. The molecule has 2 aromatic carbocycles. The number of hydrogen-bond donors (Lipinski definition) is 1. The van der Waals surface area contributed by atoms with E-state index in [1.54, 1.807) is 38.5 Å². The predicted molar refractivity (Wildman–Crippen MR) is 98.4 cm³/mol. The lowest BCUT2D eigenvalue weighted by molar-refractivity contribution is 0.354. The fourth-order valence-corrected chi connectivity index (χ4v) is 3.51.